The van der Waals surface area contributed by atoms with Crippen molar-refractivity contribution in [2.24, 2.45) is 7.05 Å². The number of nitrogens with one attached hydrogen (secondary N) is 1. The lowest BCUT2D eigenvalue weighted by atomic mass is 10.1. The molecule has 0 aliphatic rings. The summed E-state index contributed by atoms with van der Waals surface area (Å²) in [6.45, 7) is 2.11. The van der Waals surface area contributed by atoms with Gasteiger partial charge in [0.1, 0.15) is 22.7 Å². The standard InChI is InChI=1S/C18H20N8S/c1-3-7-13-21-15(12-10-20-26(2)16(12)22-13)23-14(11-8-5-4-6-9-11)17-24-25-18(19)27-17/h4-6,8-10,14H,3,7H2,1-2H3,(H2,19,25)(H,21,22,23). The minimum atomic E-state index is -0.214. The number of rotatable bonds is 6. The van der Waals surface area contributed by atoms with E-state index in [0.29, 0.717) is 5.13 Å². The van der Waals surface area contributed by atoms with Gasteiger partial charge in [0, 0.05) is 13.5 Å². The zero-order valence-electron chi connectivity index (χ0n) is 15.1. The Bertz CT molecular complexity index is 1060. The van der Waals surface area contributed by atoms with Gasteiger partial charge in [-0.05, 0) is 12.0 Å². The number of anilines is 2. The molecule has 4 aromatic rings. The van der Waals surface area contributed by atoms with Crippen LogP contribution < -0.4 is 11.1 Å². The van der Waals surface area contributed by atoms with Gasteiger partial charge in [0.2, 0.25) is 5.13 Å². The van der Waals surface area contributed by atoms with Gasteiger partial charge in [-0.25, -0.2) is 9.97 Å². The first-order chi connectivity index (χ1) is 13.2. The van der Waals surface area contributed by atoms with Crippen LogP contribution in [0.25, 0.3) is 11.0 Å². The van der Waals surface area contributed by atoms with Gasteiger partial charge >= 0.3 is 0 Å². The van der Waals surface area contributed by atoms with Crippen molar-refractivity contribution in [2.75, 3.05) is 11.1 Å². The summed E-state index contributed by atoms with van der Waals surface area (Å²) >= 11 is 1.36. The van der Waals surface area contributed by atoms with Gasteiger partial charge in [-0.3, -0.25) is 4.68 Å². The number of nitrogen functional groups attached to an aromatic ring is 1. The van der Waals surface area contributed by atoms with Crippen LogP contribution in [0.1, 0.15) is 35.8 Å². The molecule has 4 rings (SSSR count). The first kappa shape index (κ1) is 17.3. The van der Waals surface area contributed by atoms with Crippen LogP contribution >= 0.6 is 11.3 Å². The Morgan fingerprint density at radius 3 is 2.70 bits per heavy atom. The summed E-state index contributed by atoms with van der Waals surface area (Å²) < 4.78 is 1.77. The van der Waals surface area contributed by atoms with E-state index in [4.69, 9.17) is 10.7 Å². The Balaban J connectivity index is 1.81. The van der Waals surface area contributed by atoms with Crippen molar-refractivity contribution in [3.8, 4) is 0 Å². The highest BCUT2D eigenvalue weighted by Gasteiger charge is 2.21. The highest BCUT2D eigenvalue weighted by Crippen LogP contribution is 2.31. The molecule has 3 N–H and O–H groups in total. The average molecular weight is 380 g/mol. The second-order valence-corrected chi connectivity index (χ2v) is 7.25. The van der Waals surface area contributed by atoms with E-state index >= 15 is 0 Å². The minimum absolute atomic E-state index is 0.214. The minimum Gasteiger partial charge on any atom is -0.374 e. The normalized spacial score (nSPS) is 12.4. The Morgan fingerprint density at radius 1 is 1.19 bits per heavy atom. The molecule has 0 bridgehead atoms. The molecule has 0 aliphatic heterocycles. The van der Waals surface area contributed by atoms with E-state index in [-0.39, 0.29) is 6.04 Å². The largest absolute Gasteiger partial charge is 0.374 e. The van der Waals surface area contributed by atoms with Crippen molar-refractivity contribution in [3.63, 3.8) is 0 Å². The van der Waals surface area contributed by atoms with Crippen molar-refractivity contribution in [3.05, 3.63) is 52.9 Å². The first-order valence-electron chi connectivity index (χ1n) is 8.74. The third-order valence-corrected chi connectivity index (χ3v) is 5.05. The molecule has 0 saturated carbocycles. The van der Waals surface area contributed by atoms with E-state index in [1.807, 2.05) is 37.4 Å². The third kappa shape index (κ3) is 3.45. The fourth-order valence-corrected chi connectivity index (χ4v) is 3.64. The SMILES string of the molecule is CCCc1nc(NC(c2ccccc2)c2nnc(N)s2)c2cnn(C)c2n1. The molecule has 1 unspecified atom stereocenters. The first-order valence-corrected chi connectivity index (χ1v) is 9.56. The predicted octanol–water partition coefficient (Wildman–Crippen LogP) is 2.95. The maximum Gasteiger partial charge on any atom is 0.203 e. The molecule has 1 atom stereocenters. The molecule has 0 spiro atoms. The molecule has 0 aliphatic carbocycles. The maximum absolute atomic E-state index is 5.82. The number of aromatic nitrogens is 6. The highest BCUT2D eigenvalue weighted by molar-refractivity contribution is 7.15. The lowest BCUT2D eigenvalue weighted by molar-refractivity contribution is 0.771. The molecule has 0 saturated heterocycles. The van der Waals surface area contributed by atoms with Crippen LogP contribution in [0.3, 0.4) is 0 Å². The monoisotopic (exact) mass is 380 g/mol. The Labute approximate surface area is 160 Å². The van der Waals surface area contributed by atoms with Gasteiger partial charge in [0.25, 0.3) is 0 Å². The molecule has 0 radical (unpaired) electrons. The molecule has 9 heteroatoms. The van der Waals surface area contributed by atoms with E-state index in [0.717, 1.165) is 46.1 Å². The van der Waals surface area contributed by atoms with Crippen LogP contribution in [0.2, 0.25) is 0 Å². The lowest BCUT2D eigenvalue weighted by Crippen LogP contribution is -2.14. The Kier molecular flexibility index (Phi) is 4.68. The van der Waals surface area contributed by atoms with Gasteiger partial charge in [-0.15, -0.1) is 10.2 Å². The van der Waals surface area contributed by atoms with Crippen LogP contribution in [-0.2, 0) is 13.5 Å². The zero-order chi connectivity index (χ0) is 18.8. The molecule has 3 heterocycles. The Hall–Kier alpha value is -3.07. The van der Waals surface area contributed by atoms with E-state index in [1.165, 1.54) is 11.3 Å². The predicted molar refractivity (Wildman–Crippen MR) is 107 cm³/mol. The third-order valence-electron chi connectivity index (χ3n) is 4.23. The summed E-state index contributed by atoms with van der Waals surface area (Å²) in [6.07, 6.45) is 3.55. The summed E-state index contributed by atoms with van der Waals surface area (Å²) in [5.74, 6) is 1.53. The number of fused-ring (bicyclic) bond motifs is 1. The van der Waals surface area contributed by atoms with Gasteiger partial charge in [0.05, 0.1) is 11.6 Å². The summed E-state index contributed by atoms with van der Waals surface area (Å²) in [6, 6.07) is 9.85. The number of nitrogens with zero attached hydrogens (tertiary/aromatic N) is 6. The van der Waals surface area contributed by atoms with Gasteiger partial charge in [0.15, 0.2) is 5.65 Å². The molecule has 8 nitrogen and oxygen atoms in total. The summed E-state index contributed by atoms with van der Waals surface area (Å²) in [5.41, 5.74) is 7.69. The number of nitrogens with two attached hydrogens (primary N) is 1. The van der Waals surface area contributed by atoms with Gasteiger partial charge in [-0.2, -0.15) is 5.10 Å². The maximum atomic E-state index is 5.82. The van der Waals surface area contributed by atoms with E-state index < -0.39 is 0 Å². The molecule has 0 amide bonds. The quantitative estimate of drug-likeness (QED) is 0.529. The second kappa shape index (κ2) is 7.28. The number of aryl methyl sites for hydroxylation is 2. The number of hydrogen-bond donors (Lipinski definition) is 2. The van der Waals surface area contributed by atoms with Gasteiger partial charge < -0.3 is 11.1 Å². The van der Waals surface area contributed by atoms with E-state index in [9.17, 15) is 0 Å². The molecule has 3 aromatic heterocycles. The van der Waals surface area contributed by atoms with Crippen molar-refractivity contribution in [1.82, 2.24) is 29.9 Å². The average Bonchev–Trinajstić information content (AvgIpc) is 3.27. The fourth-order valence-electron chi connectivity index (χ4n) is 2.95. The number of benzene rings is 1. The Morgan fingerprint density at radius 2 is 2.00 bits per heavy atom. The molecular weight excluding hydrogens is 360 g/mol. The van der Waals surface area contributed by atoms with Crippen LogP contribution in [0.4, 0.5) is 10.9 Å². The van der Waals surface area contributed by atoms with Crippen molar-refractivity contribution in [1.29, 1.82) is 0 Å². The van der Waals surface area contributed by atoms with Crippen molar-refractivity contribution in [2.45, 2.75) is 25.8 Å². The highest BCUT2D eigenvalue weighted by atomic mass is 32.1. The molecule has 1 aromatic carbocycles. The van der Waals surface area contributed by atoms with Crippen molar-refractivity contribution < 1.29 is 0 Å². The summed E-state index contributed by atoms with van der Waals surface area (Å²) in [7, 11) is 1.88. The van der Waals surface area contributed by atoms with Crippen LogP contribution in [0, 0.1) is 0 Å². The zero-order valence-corrected chi connectivity index (χ0v) is 15.9. The van der Waals surface area contributed by atoms with Crippen LogP contribution in [0.15, 0.2) is 36.5 Å². The van der Waals surface area contributed by atoms with Crippen LogP contribution in [0.5, 0.6) is 0 Å². The van der Waals surface area contributed by atoms with Crippen LogP contribution in [-0.4, -0.2) is 29.9 Å². The topological polar surface area (TPSA) is 107 Å². The summed E-state index contributed by atoms with van der Waals surface area (Å²) in [4.78, 5) is 9.40. The lowest BCUT2D eigenvalue weighted by Gasteiger charge is -2.18. The van der Waals surface area contributed by atoms with Gasteiger partial charge in [-0.1, -0.05) is 48.6 Å². The van der Waals surface area contributed by atoms with Crippen molar-refractivity contribution >= 4 is 33.3 Å². The molecule has 27 heavy (non-hydrogen) atoms. The van der Waals surface area contributed by atoms with E-state index in [2.05, 4.69) is 32.5 Å². The smallest absolute Gasteiger partial charge is 0.203 e. The molecule has 0 fully saturated rings. The molecular formula is C18H20N8S. The molecule has 138 valence electrons. The van der Waals surface area contributed by atoms with E-state index in [1.54, 1.807) is 10.9 Å². The number of hydrogen-bond acceptors (Lipinski definition) is 8. The fraction of sp³-hybridized carbons (Fsp3) is 0.278. The summed E-state index contributed by atoms with van der Waals surface area (Å²) in [5, 5.41) is 18.2. The second-order valence-electron chi connectivity index (χ2n) is 6.21.